The zero-order valence-corrected chi connectivity index (χ0v) is 10.3. The number of amides is 1. The van der Waals surface area contributed by atoms with Gasteiger partial charge in [0.25, 0.3) is 0 Å². The highest BCUT2D eigenvalue weighted by atomic mass is 79.9. The van der Waals surface area contributed by atoms with E-state index in [2.05, 4.69) is 33.9 Å². The van der Waals surface area contributed by atoms with Crippen molar-refractivity contribution in [3.63, 3.8) is 0 Å². The third-order valence-electron chi connectivity index (χ3n) is 1.78. The van der Waals surface area contributed by atoms with E-state index in [-0.39, 0.29) is 11.2 Å². The Hall–Kier alpha value is -0.480. The summed E-state index contributed by atoms with van der Waals surface area (Å²) in [6.45, 7) is 1.93. The number of carbonyl (C=O) groups excluding carboxylic acids is 1. The van der Waals surface area contributed by atoms with Gasteiger partial charge in [0.05, 0.1) is 5.25 Å². The maximum atomic E-state index is 11.5. The van der Waals surface area contributed by atoms with Gasteiger partial charge in [-0.05, 0) is 24.6 Å². The first-order chi connectivity index (χ1) is 6.63. The fourth-order valence-electron chi connectivity index (χ4n) is 0.977. The summed E-state index contributed by atoms with van der Waals surface area (Å²) in [5, 5.41) is 2.55. The van der Waals surface area contributed by atoms with Gasteiger partial charge in [-0.2, -0.15) is 12.6 Å². The van der Waals surface area contributed by atoms with Gasteiger partial charge >= 0.3 is 0 Å². The Kier molecular flexibility index (Phi) is 4.48. The topological polar surface area (TPSA) is 29.1 Å². The van der Waals surface area contributed by atoms with E-state index in [1.165, 1.54) is 0 Å². The van der Waals surface area contributed by atoms with Crippen molar-refractivity contribution in [2.24, 2.45) is 0 Å². The molecular formula is C10H12BrNOS. The van der Waals surface area contributed by atoms with Crippen LogP contribution in [0.4, 0.5) is 5.69 Å². The largest absolute Gasteiger partial charge is 0.325 e. The number of hydrogen-bond donors (Lipinski definition) is 2. The summed E-state index contributed by atoms with van der Waals surface area (Å²) >= 11 is 7.49. The molecule has 0 fully saturated rings. The molecule has 1 unspecified atom stereocenters. The Morgan fingerprint density at radius 2 is 2.36 bits per heavy atom. The summed E-state index contributed by atoms with van der Waals surface area (Å²) in [5.74, 6) is -0.0612. The number of nitrogens with one attached hydrogen (secondary N) is 1. The highest BCUT2D eigenvalue weighted by molar-refractivity contribution is 9.10. The Morgan fingerprint density at radius 3 is 2.93 bits per heavy atom. The first-order valence-corrected chi connectivity index (χ1v) is 5.69. The van der Waals surface area contributed by atoms with Crippen molar-refractivity contribution in [2.75, 3.05) is 5.32 Å². The first-order valence-electron chi connectivity index (χ1n) is 4.38. The zero-order chi connectivity index (χ0) is 10.6. The Balaban J connectivity index is 2.65. The number of anilines is 1. The Morgan fingerprint density at radius 1 is 1.64 bits per heavy atom. The average molecular weight is 274 g/mol. The van der Waals surface area contributed by atoms with Crippen molar-refractivity contribution >= 4 is 40.2 Å². The molecule has 0 aliphatic heterocycles. The molecule has 1 N–H and O–H groups in total. The van der Waals surface area contributed by atoms with Crippen molar-refractivity contribution in [2.45, 2.75) is 18.6 Å². The van der Waals surface area contributed by atoms with E-state index in [9.17, 15) is 4.79 Å². The molecule has 1 aromatic carbocycles. The van der Waals surface area contributed by atoms with Gasteiger partial charge in [0.1, 0.15) is 0 Å². The van der Waals surface area contributed by atoms with Gasteiger partial charge in [-0.1, -0.05) is 28.9 Å². The summed E-state index contributed by atoms with van der Waals surface area (Å²) in [5.41, 5.74) is 0.789. The van der Waals surface area contributed by atoms with Crippen LogP contribution in [-0.2, 0) is 4.79 Å². The number of halogens is 1. The highest BCUT2D eigenvalue weighted by Gasteiger charge is 2.10. The van der Waals surface area contributed by atoms with E-state index in [0.717, 1.165) is 16.6 Å². The second-order valence-electron chi connectivity index (χ2n) is 2.92. The maximum absolute atomic E-state index is 11.5. The summed E-state index contributed by atoms with van der Waals surface area (Å²) in [6.07, 6.45) is 0.725. The molecule has 0 aliphatic rings. The van der Waals surface area contributed by atoms with Gasteiger partial charge in [0.2, 0.25) is 5.91 Å². The molecule has 1 rings (SSSR count). The van der Waals surface area contributed by atoms with Crippen molar-refractivity contribution in [3.05, 3.63) is 28.7 Å². The van der Waals surface area contributed by atoms with Crippen molar-refractivity contribution in [3.8, 4) is 0 Å². The van der Waals surface area contributed by atoms with Crippen LogP contribution in [0.2, 0.25) is 0 Å². The van der Waals surface area contributed by atoms with E-state index in [4.69, 9.17) is 0 Å². The lowest BCUT2D eigenvalue weighted by atomic mass is 10.3. The molecule has 1 amide bonds. The predicted molar refractivity (Wildman–Crippen MR) is 65.8 cm³/mol. The van der Waals surface area contributed by atoms with Crippen LogP contribution in [-0.4, -0.2) is 11.2 Å². The summed E-state index contributed by atoms with van der Waals surface area (Å²) in [4.78, 5) is 11.5. The van der Waals surface area contributed by atoms with Crippen LogP contribution < -0.4 is 5.32 Å². The third kappa shape index (κ3) is 3.35. The predicted octanol–water partition coefficient (Wildman–Crippen LogP) is 3.10. The Bertz CT molecular complexity index is 330. The third-order valence-corrected chi connectivity index (χ3v) is 2.87. The monoisotopic (exact) mass is 273 g/mol. The standard InChI is InChI=1S/C10H12BrNOS/c1-2-9(14)10(13)12-8-5-3-4-7(11)6-8/h3-6,9,14H,2H2,1H3,(H,12,13). The molecule has 0 saturated carbocycles. The van der Waals surface area contributed by atoms with Crippen LogP contribution in [0.1, 0.15) is 13.3 Å². The lowest BCUT2D eigenvalue weighted by Gasteiger charge is -2.09. The number of thiol groups is 1. The number of benzene rings is 1. The molecule has 0 spiro atoms. The minimum absolute atomic E-state index is 0.0612. The lowest BCUT2D eigenvalue weighted by molar-refractivity contribution is -0.115. The van der Waals surface area contributed by atoms with Crippen molar-refractivity contribution in [1.82, 2.24) is 0 Å². The van der Waals surface area contributed by atoms with E-state index in [0.29, 0.717) is 0 Å². The fraction of sp³-hybridized carbons (Fsp3) is 0.300. The molecule has 0 aliphatic carbocycles. The fourth-order valence-corrected chi connectivity index (χ4v) is 1.44. The quantitative estimate of drug-likeness (QED) is 0.815. The van der Waals surface area contributed by atoms with Crippen LogP contribution >= 0.6 is 28.6 Å². The number of hydrogen-bond acceptors (Lipinski definition) is 2. The van der Waals surface area contributed by atoms with Gasteiger partial charge in [-0.3, -0.25) is 4.79 Å². The van der Waals surface area contributed by atoms with Crippen LogP contribution in [0, 0.1) is 0 Å². The molecule has 76 valence electrons. The van der Waals surface area contributed by atoms with Gasteiger partial charge in [-0.15, -0.1) is 0 Å². The van der Waals surface area contributed by atoms with Gasteiger partial charge in [0.15, 0.2) is 0 Å². The van der Waals surface area contributed by atoms with Crippen molar-refractivity contribution in [1.29, 1.82) is 0 Å². The van der Waals surface area contributed by atoms with E-state index < -0.39 is 0 Å². The summed E-state index contributed by atoms with van der Waals surface area (Å²) in [7, 11) is 0. The van der Waals surface area contributed by atoms with Gasteiger partial charge in [-0.25, -0.2) is 0 Å². The second-order valence-corrected chi connectivity index (χ2v) is 4.46. The zero-order valence-electron chi connectivity index (χ0n) is 7.83. The SMILES string of the molecule is CCC(S)C(=O)Nc1cccc(Br)c1. The second kappa shape index (κ2) is 5.41. The van der Waals surface area contributed by atoms with E-state index in [1.807, 2.05) is 31.2 Å². The Labute approximate surface area is 97.6 Å². The average Bonchev–Trinajstić information content (AvgIpc) is 2.16. The lowest BCUT2D eigenvalue weighted by Crippen LogP contribution is -2.22. The molecule has 0 heterocycles. The molecule has 14 heavy (non-hydrogen) atoms. The summed E-state index contributed by atoms with van der Waals surface area (Å²) in [6, 6.07) is 7.49. The van der Waals surface area contributed by atoms with E-state index in [1.54, 1.807) is 0 Å². The first kappa shape index (κ1) is 11.6. The van der Waals surface area contributed by atoms with Gasteiger partial charge < -0.3 is 5.32 Å². The van der Waals surface area contributed by atoms with Crippen LogP contribution in [0.15, 0.2) is 28.7 Å². The number of rotatable bonds is 3. The molecule has 1 atom stereocenters. The molecule has 0 saturated heterocycles. The molecule has 2 nitrogen and oxygen atoms in total. The number of carbonyl (C=O) groups is 1. The van der Waals surface area contributed by atoms with Crippen LogP contribution in [0.5, 0.6) is 0 Å². The molecule has 0 radical (unpaired) electrons. The molecule has 0 bridgehead atoms. The molecule has 0 aromatic heterocycles. The minimum atomic E-state index is -0.242. The molecular weight excluding hydrogens is 262 g/mol. The summed E-state index contributed by atoms with van der Waals surface area (Å²) < 4.78 is 0.947. The van der Waals surface area contributed by atoms with Crippen molar-refractivity contribution < 1.29 is 4.79 Å². The molecule has 4 heteroatoms. The van der Waals surface area contributed by atoms with E-state index >= 15 is 0 Å². The normalized spacial score (nSPS) is 12.2. The maximum Gasteiger partial charge on any atom is 0.237 e. The van der Waals surface area contributed by atoms with Crippen LogP contribution in [0.3, 0.4) is 0 Å². The van der Waals surface area contributed by atoms with Crippen LogP contribution in [0.25, 0.3) is 0 Å². The highest BCUT2D eigenvalue weighted by Crippen LogP contribution is 2.16. The minimum Gasteiger partial charge on any atom is -0.325 e. The smallest absolute Gasteiger partial charge is 0.237 e. The van der Waals surface area contributed by atoms with Gasteiger partial charge in [0, 0.05) is 10.2 Å². The molecule has 1 aromatic rings.